The minimum Gasteiger partial charge on any atom is -0.478 e. The molecule has 0 radical (unpaired) electrons. The maximum Gasteiger partial charge on any atom is 0.332 e. The Morgan fingerprint density at radius 1 is 1.36 bits per heavy atom. The lowest BCUT2D eigenvalue weighted by Crippen LogP contribution is -2.02. The third-order valence-electron chi connectivity index (χ3n) is 0.937. The first-order valence-electron chi connectivity index (χ1n) is 2.85. The highest BCUT2D eigenvalue weighted by Gasteiger charge is 2.06. The Morgan fingerprint density at radius 2 is 1.91 bits per heavy atom. The smallest absolute Gasteiger partial charge is 0.332 e. The molecule has 60 valence electrons. The molecule has 0 atom stereocenters. The van der Waals surface area contributed by atoms with Crippen molar-refractivity contribution in [2.24, 2.45) is 0 Å². The number of carbonyl (C=O) groups is 2. The Balaban J connectivity index is 4.44. The molecule has 0 aliphatic carbocycles. The summed E-state index contributed by atoms with van der Waals surface area (Å²) in [7, 11) is 0. The first kappa shape index (κ1) is 9.42. The summed E-state index contributed by atoms with van der Waals surface area (Å²) in [5.74, 6) is -2.49. The second-order valence-corrected chi connectivity index (χ2v) is 1.81. The topological polar surface area (TPSA) is 74.6 Å². The fourth-order valence-corrected chi connectivity index (χ4v) is 0.513. The highest BCUT2D eigenvalue weighted by molar-refractivity contribution is 5.94. The van der Waals surface area contributed by atoms with Gasteiger partial charge in [0.25, 0.3) is 0 Å². The minimum absolute atomic E-state index is 0.0572. The third kappa shape index (κ3) is 3.91. The lowest BCUT2D eigenvalue weighted by Gasteiger charge is -1.93. The van der Waals surface area contributed by atoms with Crippen LogP contribution < -0.4 is 0 Å². The van der Waals surface area contributed by atoms with Crippen molar-refractivity contribution in [1.29, 1.82) is 0 Å². The van der Waals surface area contributed by atoms with Crippen LogP contribution in [-0.2, 0) is 9.59 Å². The molecular weight excluding hydrogens is 148 g/mol. The minimum atomic E-state index is -1.26. The first-order valence-corrected chi connectivity index (χ1v) is 2.85. The third-order valence-corrected chi connectivity index (χ3v) is 0.937. The van der Waals surface area contributed by atoms with Crippen molar-refractivity contribution < 1.29 is 19.8 Å². The zero-order valence-corrected chi connectivity index (χ0v) is 5.78. The molecule has 0 fully saturated rings. The van der Waals surface area contributed by atoms with Gasteiger partial charge in [-0.2, -0.15) is 0 Å². The molecule has 4 nitrogen and oxygen atoms in total. The molecule has 0 saturated heterocycles. The van der Waals surface area contributed by atoms with Crippen LogP contribution >= 0.6 is 0 Å². The van der Waals surface area contributed by atoms with E-state index in [9.17, 15) is 9.59 Å². The number of rotatable bonds is 4. The average Bonchev–Trinajstić information content (AvgIpc) is 1.86. The predicted molar refractivity (Wildman–Crippen MR) is 38.2 cm³/mol. The van der Waals surface area contributed by atoms with Gasteiger partial charge in [-0.25, -0.2) is 9.59 Å². The van der Waals surface area contributed by atoms with Crippen LogP contribution in [0, 0.1) is 0 Å². The lowest BCUT2D eigenvalue weighted by atomic mass is 10.2. The van der Waals surface area contributed by atoms with E-state index in [1.807, 2.05) is 0 Å². The van der Waals surface area contributed by atoms with Crippen molar-refractivity contribution >= 4 is 11.9 Å². The van der Waals surface area contributed by atoms with Crippen LogP contribution in [-0.4, -0.2) is 22.2 Å². The number of carboxylic acids is 2. The lowest BCUT2D eigenvalue weighted by molar-refractivity contribution is -0.135. The monoisotopic (exact) mass is 156 g/mol. The van der Waals surface area contributed by atoms with Gasteiger partial charge < -0.3 is 10.2 Å². The molecule has 0 aliphatic heterocycles. The van der Waals surface area contributed by atoms with Crippen LogP contribution in [0.25, 0.3) is 0 Å². The van der Waals surface area contributed by atoms with Crippen molar-refractivity contribution in [3.8, 4) is 0 Å². The van der Waals surface area contributed by atoms with Crippen LogP contribution in [0.3, 0.4) is 0 Å². The molecular formula is C7H8O4. The molecule has 0 aliphatic rings. The normalized spacial score (nSPS) is 10.7. The number of aliphatic carboxylic acids is 2. The molecule has 0 bridgehead atoms. The molecule has 0 rings (SSSR count). The molecule has 0 unspecified atom stereocenters. The Labute approximate surface area is 63.5 Å². The Kier molecular flexibility index (Phi) is 3.66. The predicted octanol–water partition coefficient (Wildman–Crippen LogP) is 0.658. The van der Waals surface area contributed by atoms with Crippen molar-refractivity contribution in [3.63, 3.8) is 0 Å². The summed E-state index contributed by atoms with van der Waals surface area (Å²) in [5.41, 5.74) is -0.174. The summed E-state index contributed by atoms with van der Waals surface area (Å²) < 4.78 is 0. The highest BCUT2D eigenvalue weighted by atomic mass is 16.4. The van der Waals surface area contributed by atoms with Gasteiger partial charge in [0.1, 0.15) is 0 Å². The Morgan fingerprint density at radius 3 is 2.18 bits per heavy atom. The van der Waals surface area contributed by atoms with Crippen LogP contribution in [0.15, 0.2) is 24.3 Å². The maximum absolute atomic E-state index is 10.2. The zero-order valence-electron chi connectivity index (χ0n) is 5.78. The van der Waals surface area contributed by atoms with Crippen molar-refractivity contribution in [3.05, 3.63) is 24.3 Å². The van der Waals surface area contributed by atoms with Gasteiger partial charge in [0.2, 0.25) is 0 Å². The number of allylic oxidation sites excluding steroid dienone is 1. The SMILES string of the molecule is C=CC/C(=C\C(=O)O)C(=O)O. The number of hydrogen-bond acceptors (Lipinski definition) is 2. The molecule has 0 heterocycles. The van der Waals surface area contributed by atoms with Gasteiger partial charge >= 0.3 is 11.9 Å². The standard InChI is InChI=1S/C7H8O4/c1-2-3-5(7(10)11)4-6(8)9/h2,4H,1,3H2,(H,8,9)(H,10,11)/b5-4+. The fourth-order valence-electron chi connectivity index (χ4n) is 0.513. The van der Waals surface area contributed by atoms with Crippen LogP contribution in [0.5, 0.6) is 0 Å². The van der Waals surface area contributed by atoms with Gasteiger partial charge in [0, 0.05) is 11.6 Å². The largest absolute Gasteiger partial charge is 0.478 e. The van der Waals surface area contributed by atoms with Gasteiger partial charge in [-0.1, -0.05) is 6.08 Å². The van der Waals surface area contributed by atoms with Gasteiger partial charge in [-0.3, -0.25) is 0 Å². The second-order valence-electron chi connectivity index (χ2n) is 1.81. The van der Waals surface area contributed by atoms with Crippen molar-refractivity contribution in [2.75, 3.05) is 0 Å². The molecule has 0 aromatic carbocycles. The van der Waals surface area contributed by atoms with Crippen LogP contribution in [0.2, 0.25) is 0 Å². The summed E-state index contributed by atoms with van der Waals surface area (Å²) in [6, 6.07) is 0. The van der Waals surface area contributed by atoms with E-state index < -0.39 is 11.9 Å². The molecule has 0 aromatic rings. The van der Waals surface area contributed by atoms with E-state index in [2.05, 4.69) is 6.58 Å². The van der Waals surface area contributed by atoms with Gasteiger partial charge in [-0.05, 0) is 6.42 Å². The highest BCUT2D eigenvalue weighted by Crippen LogP contribution is 2.01. The van der Waals surface area contributed by atoms with Gasteiger partial charge in [-0.15, -0.1) is 6.58 Å². The summed E-state index contributed by atoms with van der Waals surface area (Å²) in [6.45, 7) is 3.29. The van der Waals surface area contributed by atoms with E-state index in [1.165, 1.54) is 6.08 Å². The quantitative estimate of drug-likeness (QED) is 0.463. The molecule has 11 heavy (non-hydrogen) atoms. The van der Waals surface area contributed by atoms with Crippen LogP contribution in [0.4, 0.5) is 0 Å². The van der Waals surface area contributed by atoms with E-state index in [0.717, 1.165) is 0 Å². The molecule has 4 heteroatoms. The molecule has 2 N–H and O–H groups in total. The molecule has 0 aromatic heterocycles. The first-order chi connectivity index (χ1) is 5.07. The van der Waals surface area contributed by atoms with Gasteiger partial charge in [0.15, 0.2) is 0 Å². The fraction of sp³-hybridized carbons (Fsp3) is 0.143. The van der Waals surface area contributed by atoms with E-state index in [0.29, 0.717) is 6.08 Å². The van der Waals surface area contributed by atoms with Crippen molar-refractivity contribution in [2.45, 2.75) is 6.42 Å². The summed E-state index contributed by atoms with van der Waals surface area (Å²) >= 11 is 0. The number of carboxylic acid groups (broad SMARTS) is 2. The Bertz CT molecular complexity index is 214. The summed E-state index contributed by atoms with van der Waals surface area (Å²) in [6.07, 6.45) is 2.05. The zero-order chi connectivity index (χ0) is 8.85. The second kappa shape index (κ2) is 4.27. The van der Waals surface area contributed by atoms with E-state index >= 15 is 0 Å². The van der Waals surface area contributed by atoms with Crippen molar-refractivity contribution in [1.82, 2.24) is 0 Å². The van der Waals surface area contributed by atoms with Crippen LogP contribution in [0.1, 0.15) is 6.42 Å². The Hall–Kier alpha value is -1.58. The molecule has 0 saturated carbocycles. The maximum atomic E-state index is 10.2. The van der Waals surface area contributed by atoms with E-state index in [4.69, 9.17) is 10.2 Å². The number of hydrogen-bond donors (Lipinski definition) is 2. The average molecular weight is 156 g/mol. The summed E-state index contributed by atoms with van der Waals surface area (Å²) in [4.78, 5) is 20.3. The van der Waals surface area contributed by atoms with E-state index in [-0.39, 0.29) is 12.0 Å². The summed E-state index contributed by atoms with van der Waals surface area (Å²) in [5, 5.41) is 16.6. The molecule has 0 spiro atoms. The van der Waals surface area contributed by atoms with Gasteiger partial charge in [0.05, 0.1) is 0 Å². The molecule has 0 amide bonds. The van der Waals surface area contributed by atoms with E-state index in [1.54, 1.807) is 0 Å².